The molecule has 1 N–H and O–H groups in total. The summed E-state index contributed by atoms with van der Waals surface area (Å²) in [5, 5.41) is 19.2. The van der Waals surface area contributed by atoms with Crippen LogP contribution in [-0.4, -0.2) is 58.1 Å². The van der Waals surface area contributed by atoms with Gasteiger partial charge in [0, 0.05) is 23.6 Å². The standard InChI is InChI=1S/C29H31N3O5S2/c1-32(16-2-7-26-30-27(31-37-26)21-10-8-20(19-33)9-11-21)22-12-14-23(15-13-22)36-28(34)29(35,24-5-3-17-38-24)25-6-4-18-39-25/h3-6,8-11,17-19,22-23,35H,2,7,12-16H2,1H3. The minimum absolute atomic E-state index is 0.203. The van der Waals surface area contributed by atoms with Gasteiger partial charge in [0.25, 0.3) is 0 Å². The number of ether oxygens (including phenoxy) is 1. The highest BCUT2D eigenvalue weighted by molar-refractivity contribution is 7.12. The first-order valence-corrected chi connectivity index (χ1v) is 14.8. The van der Waals surface area contributed by atoms with Crippen molar-refractivity contribution in [1.82, 2.24) is 15.0 Å². The highest BCUT2D eigenvalue weighted by atomic mass is 32.1. The van der Waals surface area contributed by atoms with Gasteiger partial charge in [-0.05, 0) is 68.6 Å². The summed E-state index contributed by atoms with van der Waals surface area (Å²) in [7, 11) is 2.12. The van der Waals surface area contributed by atoms with Gasteiger partial charge in [0.1, 0.15) is 12.4 Å². The van der Waals surface area contributed by atoms with Crippen molar-refractivity contribution >= 4 is 34.9 Å². The summed E-state index contributed by atoms with van der Waals surface area (Å²) < 4.78 is 11.3. The minimum atomic E-state index is -1.76. The predicted octanol–water partition coefficient (Wildman–Crippen LogP) is 5.33. The quantitative estimate of drug-likeness (QED) is 0.192. The van der Waals surface area contributed by atoms with Crippen molar-refractivity contribution in [2.24, 2.45) is 0 Å². The second kappa shape index (κ2) is 12.3. The van der Waals surface area contributed by atoms with Crippen LogP contribution in [-0.2, 0) is 21.6 Å². The second-order valence-electron chi connectivity index (χ2n) is 9.84. The maximum absolute atomic E-state index is 13.2. The van der Waals surface area contributed by atoms with E-state index in [4.69, 9.17) is 9.26 Å². The molecule has 1 aromatic carbocycles. The zero-order chi connectivity index (χ0) is 27.2. The number of hydrogen-bond donors (Lipinski definition) is 1. The average molecular weight is 566 g/mol. The monoisotopic (exact) mass is 565 g/mol. The topological polar surface area (TPSA) is 106 Å². The number of aromatic nitrogens is 2. The Hall–Kier alpha value is -3.18. The maximum atomic E-state index is 13.2. The van der Waals surface area contributed by atoms with Crippen LogP contribution < -0.4 is 0 Å². The highest BCUT2D eigenvalue weighted by Gasteiger charge is 2.45. The summed E-state index contributed by atoms with van der Waals surface area (Å²) in [6, 6.07) is 14.7. The van der Waals surface area contributed by atoms with E-state index in [1.807, 2.05) is 35.0 Å². The van der Waals surface area contributed by atoms with Gasteiger partial charge in [0.2, 0.25) is 17.3 Å². The van der Waals surface area contributed by atoms with Gasteiger partial charge in [0.05, 0.1) is 9.75 Å². The molecule has 0 amide bonds. The molecule has 3 heterocycles. The van der Waals surface area contributed by atoms with Crippen molar-refractivity contribution in [2.75, 3.05) is 13.6 Å². The molecule has 1 aliphatic rings. The number of esters is 1. The number of aliphatic hydroxyl groups is 1. The fourth-order valence-electron chi connectivity index (χ4n) is 4.98. The molecule has 5 rings (SSSR count). The van der Waals surface area contributed by atoms with Crippen LogP contribution in [0.1, 0.15) is 58.1 Å². The van der Waals surface area contributed by atoms with E-state index in [0.29, 0.717) is 39.5 Å². The molecule has 0 bridgehead atoms. The van der Waals surface area contributed by atoms with E-state index in [1.165, 1.54) is 22.7 Å². The van der Waals surface area contributed by atoms with Gasteiger partial charge in [-0.3, -0.25) is 4.79 Å². The smallest absolute Gasteiger partial charge is 0.349 e. The summed E-state index contributed by atoms with van der Waals surface area (Å²) in [6.07, 6.45) is 5.54. The van der Waals surface area contributed by atoms with Crippen LogP contribution in [0.3, 0.4) is 0 Å². The van der Waals surface area contributed by atoms with Gasteiger partial charge in [-0.1, -0.05) is 41.6 Å². The summed E-state index contributed by atoms with van der Waals surface area (Å²) in [4.78, 5) is 32.1. The van der Waals surface area contributed by atoms with Gasteiger partial charge in [-0.2, -0.15) is 4.98 Å². The molecule has 10 heteroatoms. The molecule has 1 saturated carbocycles. The normalized spacial score (nSPS) is 17.8. The Labute approximate surface area is 235 Å². The van der Waals surface area contributed by atoms with Gasteiger partial charge < -0.3 is 19.3 Å². The molecular formula is C29H31N3O5S2. The molecule has 39 heavy (non-hydrogen) atoms. The molecule has 0 aliphatic heterocycles. The van der Waals surface area contributed by atoms with Gasteiger partial charge in [-0.15, -0.1) is 22.7 Å². The lowest BCUT2D eigenvalue weighted by molar-refractivity contribution is -0.169. The first-order valence-electron chi connectivity index (χ1n) is 13.1. The zero-order valence-electron chi connectivity index (χ0n) is 21.7. The third-order valence-corrected chi connectivity index (χ3v) is 9.22. The van der Waals surface area contributed by atoms with Crippen LogP contribution >= 0.6 is 22.7 Å². The summed E-state index contributed by atoms with van der Waals surface area (Å²) in [5.74, 6) is 0.522. The van der Waals surface area contributed by atoms with E-state index in [-0.39, 0.29) is 6.10 Å². The number of carbonyl (C=O) groups excluding carboxylic acids is 2. The molecule has 0 saturated heterocycles. The Morgan fingerprint density at radius 2 is 1.77 bits per heavy atom. The van der Waals surface area contributed by atoms with Crippen molar-refractivity contribution < 1.29 is 24.0 Å². The zero-order valence-corrected chi connectivity index (χ0v) is 23.3. The Balaban J connectivity index is 1.08. The van der Waals surface area contributed by atoms with E-state index in [9.17, 15) is 14.7 Å². The second-order valence-corrected chi connectivity index (χ2v) is 11.7. The molecule has 8 nitrogen and oxygen atoms in total. The third-order valence-electron chi connectivity index (χ3n) is 7.27. The SMILES string of the molecule is CN(CCCc1nc(-c2ccc(C=O)cc2)no1)C1CCC(OC(=O)C(O)(c2cccs2)c2cccs2)CC1. The molecule has 4 aromatic rings. The van der Waals surface area contributed by atoms with Crippen LogP contribution in [0.5, 0.6) is 0 Å². The van der Waals surface area contributed by atoms with Crippen molar-refractivity contribution in [3.63, 3.8) is 0 Å². The van der Waals surface area contributed by atoms with Crippen LogP contribution in [0, 0.1) is 0 Å². The van der Waals surface area contributed by atoms with Gasteiger partial charge in [-0.25, -0.2) is 4.79 Å². The number of benzene rings is 1. The van der Waals surface area contributed by atoms with E-state index >= 15 is 0 Å². The molecule has 1 aliphatic carbocycles. The van der Waals surface area contributed by atoms with Crippen LogP contribution in [0.2, 0.25) is 0 Å². The molecule has 0 unspecified atom stereocenters. The van der Waals surface area contributed by atoms with Crippen LogP contribution in [0.25, 0.3) is 11.4 Å². The van der Waals surface area contributed by atoms with E-state index in [2.05, 4.69) is 22.1 Å². The molecule has 0 atom stereocenters. The summed E-state index contributed by atoms with van der Waals surface area (Å²) in [6.45, 7) is 0.886. The third kappa shape index (κ3) is 6.19. The van der Waals surface area contributed by atoms with E-state index < -0.39 is 11.6 Å². The van der Waals surface area contributed by atoms with Crippen molar-refractivity contribution in [3.8, 4) is 11.4 Å². The summed E-state index contributed by atoms with van der Waals surface area (Å²) in [5.41, 5.74) is -0.339. The van der Waals surface area contributed by atoms with Crippen molar-refractivity contribution in [3.05, 3.63) is 80.5 Å². The number of nitrogens with zero attached hydrogens (tertiary/aromatic N) is 3. The maximum Gasteiger partial charge on any atom is 0.349 e. The minimum Gasteiger partial charge on any atom is -0.460 e. The number of aryl methyl sites for hydroxylation is 1. The van der Waals surface area contributed by atoms with Crippen LogP contribution in [0.4, 0.5) is 0 Å². The summed E-state index contributed by atoms with van der Waals surface area (Å²) >= 11 is 2.71. The van der Waals surface area contributed by atoms with Gasteiger partial charge in [0.15, 0.2) is 0 Å². The van der Waals surface area contributed by atoms with Crippen molar-refractivity contribution in [2.45, 2.75) is 56.3 Å². The predicted molar refractivity (Wildman–Crippen MR) is 150 cm³/mol. The molecule has 3 aromatic heterocycles. The lowest BCUT2D eigenvalue weighted by Crippen LogP contribution is -2.42. The molecule has 0 spiro atoms. The van der Waals surface area contributed by atoms with Crippen LogP contribution in [0.15, 0.2) is 63.8 Å². The largest absolute Gasteiger partial charge is 0.460 e. The Morgan fingerprint density at radius 3 is 2.36 bits per heavy atom. The Bertz CT molecular complexity index is 1310. The van der Waals surface area contributed by atoms with Crippen molar-refractivity contribution in [1.29, 1.82) is 0 Å². The van der Waals surface area contributed by atoms with E-state index in [0.717, 1.165) is 50.5 Å². The average Bonchev–Trinajstić information content (AvgIpc) is 3.76. The fraction of sp³-hybridized carbons (Fsp3) is 0.379. The van der Waals surface area contributed by atoms with Gasteiger partial charge >= 0.3 is 5.97 Å². The molecular weight excluding hydrogens is 534 g/mol. The number of rotatable bonds is 11. The molecule has 204 valence electrons. The van der Waals surface area contributed by atoms with E-state index in [1.54, 1.807) is 24.3 Å². The molecule has 1 fully saturated rings. The highest BCUT2D eigenvalue weighted by Crippen LogP contribution is 2.38. The first kappa shape index (κ1) is 27.4. The lowest BCUT2D eigenvalue weighted by atomic mass is 9.91. The first-order chi connectivity index (χ1) is 19.0. The number of aldehydes is 1. The number of thiophene rings is 2. The fourth-order valence-corrected chi connectivity index (χ4v) is 6.69. The Morgan fingerprint density at radius 1 is 1.10 bits per heavy atom. The number of hydrogen-bond acceptors (Lipinski definition) is 10. The Kier molecular flexibility index (Phi) is 8.66. The lowest BCUT2D eigenvalue weighted by Gasteiger charge is -2.35. The molecule has 0 radical (unpaired) electrons. The number of carbonyl (C=O) groups is 2.